The van der Waals surface area contributed by atoms with Crippen LogP contribution in [0.3, 0.4) is 0 Å². The van der Waals surface area contributed by atoms with Gasteiger partial charge in [0.15, 0.2) is 0 Å². The standard InChI is InChI=1S/C10H9F4N3O/c1-5-2-3-7(11)6(4-16-17-9(15)18)8(5)10(12,13)14/h2-4H,1H3,(H3,15,17,18). The molecule has 0 atom stereocenters. The van der Waals surface area contributed by atoms with E-state index >= 15 is 0 Å². The Morgan fingerprint density at radius 1 is 1.44 bits per heavy atom. The lowest BCUT2D eigenvalue weighted by atomic mass is 10.0. The molecule has 1 aromatic carbocycles. The van der Waals surface area contributed by atoms with E-state index in [0.29, 0.717) is 6.21 Å². The van der Waals surface area contributed by atoms with Crippen molar-refractivity contribution in [1.29, 1.82) is 0 Å². The third-order valence-electron chi connectivity index (χ3n) is 2.05. The summed E-state index contributed by atoms with van der Waals surface area (Å²) in [4.78, 5) is 10.3. The van der Waals surface area contributed by atoms with Gasteiger partial charge in [-0.05, 0) is 18.6 Å². The lowest BCUT2D eigenvalue weighted by molar-refractivity contribution is -0.138. The van der Waals surface area contributed by atoms with Crippen molar-refractivity contribution in [3.8, 4) is 0 Å². The molecule has 0 aliphatic heterocycles. The van der Waals surface area contributed by atoms with Crippen LogP contribution in [0.5, 0.6) is 0 Å². The summed E-state index contributed by atoms with van der Waals surface area (Å²) in [6, 6.07) is 0.834. The molecule has 0 unspecified atom stereocenters. The molecule has 0 spiro atoms. The number of urea groups is 1. The zero-order chi connectivity index (χ0) is 13.9. The largest absolute Gasteiger partial charge is 0.417 e. The number of nitrogens with one attached hydrogen (secondary N) is 1. The number of nitrogens with zero attached hydrogens (tertiary/aromatic N) is 1. The van der Waals surface area contributed by atoms with Gasteiger partial charge in [-0.1, -0.05) is 6.07 Å². The molecule has 0 heterocycles. The van der Waals surface area contributed by atoms with Crippen molar-refractivity contribution in [2.75, 3.05) is 0 Å². The fourth-order valence-electron chi connectivity index (χ4n) is 1.37. The van der Waals surface area contributed by atoms with Crippen molar-refractivity contribution in [2.24, 2.45) is 10.8 Å². The van der Waals surface area contributed by atoms with Crippen molar-refractivity contribution < 1.29 is 22.4 Å². The summed E-state index contributed by atoms with van der Waals surface area (Å²) < 4.78 is 51.6. The normalized spacial score (nSPS) is 11.8. The number of benzene rings is 1. The molecule has 8 heteroatoms. The number of nitrogens with two attached hydrogens (primary N) is 1. The molecule has 0 radical (unpaired) electrons. The second kappa shape index (κ2) is 5.03. The van der Waals surface area contributed by atoms with Crippen LogP contribution in [-0.2, 0) is 6.18 Å². The lowest BCUT2D eigenvalue weighted by Crippen LogP contribution is -2.24. The zero-order valence-corrected chi connectivity index (χ0v) is 9.18. The SMILES string of the molecule is Cc1ccc(F)c(C=NNC(N)=O)c1C(F)(F)F. The summed E-state index contributed by atoms with van der Waals surface area (Å²) in [7, 11) is 0. The maximum absolute atomic E-state index is 13.3. The Morgan fingerprint density at radius 3 is 2.56 bits per heavy atom. The first-order valence-electron chi connectivity index (χ1n) is 4.68. The van der Waals surface area contributed by atoms with Gasteiger partial charge in [0.05, 0.1) is 11.8 Å². The molecule has 0 fully saturated rings. The van der Waals surface area contributed by atoms with Crippen LogP contribution in [0.1, 0.15) is 16.7 Å². The van der Waals surface area contributed by atoms with Crippen molar-refractivity contribution >= 4 is 12.2 Å². The molecule has 1 aromatic rings. The van der Waals surface area contributed by atoms with Crippen LogP contribution in [0.25, 0.3) is 0 Å². The summed E-state index contributed by atoms with van der Waals surface area (Å²) >= 11 is 0. The Bertz CT molecular complexity index is 497. The van der Waals surface area contributed by atoms with E-state index in [1.165, 1.54) is 6.92 Å². The van der Waals surface area contributed by atoms with E-state index in [1.54, 1.807) is 5.43 Å². The van der Waals surface area contributed by atoms with Crippen molar-refractivity contribution in [3.05, 3.63) is 34.6 Å². The quantitative estimate of drug-likeness (QED) is 0.479. The van der Waals surface area contributed by atoms with E-state index in [4.69, 9.17) is 0 Å². The monoisotopic (exact) mass is 263 g/mol. The van der Waals surface area contributed by atoms with E-state index < -0.39 is 29.2 Å². The maximum Gasteiger partial charge on any atom is 0.417 e. The number of carbonyl (C=O) groups is 1. The minimum absolute atomic E-state index is 0.149. The van der Waals surface area contributed by atoms with E-state index in [9.17, 15) is 22.4 Å². The number of amides is 2. The topological polar surface area (TPSA) is 67.5 Å². The molecule has 3 N–H and O–H groups in total. The van der Waals surface area contributed by atoms with Crippen LogP contribution in [-0.4, -0.2) is 12.2 Å². The molecular formula is C10H9F4N3O. The third-order valence-corrected chi connectivity index (χ3v) is 2.05. The van der Waals surface area contributed by atoms with Crippen LogP contribution in [0.15, 0.2) is 17.2 Å². The van der Waals surface area contributed by atoms with Gasteiger partial charge in [-0.2, -0.15) is 18.3 Å². The van der Waals surface area contributed by atoms with Gasteiger partial charge in [-0.25, -0.2) is 14.6 Å². The summed E-state index contributed by atoms with van der Waals surface area (Å²) in [6.07, 6.45) is -4.16. The molecule has 0 bridgehead atoms. The van der Waals surface area contributed by atoms with Crippen LogP contribution in [0, 0.1) is 12.7 Å². The van der Waals surface area contributed by atoms with Crippen molar-refractivity contribution in [2.45, 2.75) is 13.1 Å². The van der Waals surface area contributed by atoms with Gasteiger partial charge < -0.3 is 5.73 Å². The summed E-state index contributed by atoms with van der Waals surface area (Å²) in [5.74, 6) is -1.09. The predicted molar refractivity (Wildman–Crippen MR) is 56.5 cm³/mol. The first-order valence-corrected chi connectivity index (χ1v) is 4.68. The summed E-state index contributed by atoms with van der Waals surface area (Å²) in [5.41, 5.74) is 4.32. The predicted octanol–water partition coefficient (Wildman–Crippen LogP) is 2.16. The second-order valence-corrected chi connectivity index (χ2v) is 3.38. The Labute approximate surface area is 99.5 Å². The fourth-order valence-corrected chi connectivity index (χ4v) is 1.37. The molecule has 0 aromatic heterocycles. The molecule has 18 heavy (non-hydrogen) atoms. The highest BCUT2D eigenvalue weighted by atomic mass is 19.4. The first kappa shape index (κ1) is 13.9. The van der Waals surface area contributed by atoms with Crippen molar-refractivity contribution in [1.82, 2.24) is 5.43 Å². The van der Waals surface area contributed by atoms with Gasteiger partial charge in [0.1, 0.15) is 5.82 Å². The molecular weight excluding hydrogens is 254 g/mol. The first-order chi connectivity index (χ1) is 8.23. The Kier molecular flexibility index (Phi) is 3.89. The highest BCUT2D eigenvalue weighted by Crippen LogP contribution is 2.34. The summed E-state index contributed by atoms with van der Waals surface area (Å²) in [5, 5.41) is 3.13. The van der Waals surface area contributed by atoms with Gasteiger partial charge in [-0.3, -0.25) is 0 Å². The number of rotatable bonds is 2. The number of hydrazone groups is 1. The Morgan fingerprint density at radius 2 is 2.06 bits per heavy atom. The maximum atomic E-state index is 13.3. The van der Waals surface area contributed by atoms with E-state index in [-0.39, 0.29) is 5.56 Å². The summed E-state index contributed by atoms with van der Waals surface area (Å²) in [6.45, 7) is 1.20. The van der Waals surface area contributed by atoms with E-state index in [0.717, 1.165) is 12.1 Å². The smallest absolute Gasteiger partial charge is 0.350 e. The van der Waals surface area contributed by atoms with Crippen molar-refractivity contribution in [3.63, 3.8) is 0 Å². The minimum Gasteiger partial charge on any atom is -0.350 e. The Balaban J connectivity index is 3.28. The van der Waals surface area contributed by atoms with Gasteiger partial charge in [0, 0.05) is 5.56 Å². The third kappa shape index (κ3) is 3.19. The van der Waals surface area contributed by atoms with Crippen LogP contribution in [0.2, 0.25) is 0 Å². The van der Waals surface area contributed by atoms with E-state index in [1.807, 2.05) is 0 Å². The van der Waals surface area contributed by atoms with Gasteiger partial charge in [0.2, 0.25) is 0 Å². The number of hydrogen-bond donors (Lipinski definition) is 2. The number of hydrogen-bond acceptors (Lipinski definition) is 2. The number of primary amides is 1. The van der Waals surface area contributed by atoms with Crippen LogP contribution in [0.4, 0.5) is 22.4 Å². The average molecular weight is 263 g/mol. The molecule has 1 rings (SSSR count). The highest BCUT2D eigenvalue weighted by molar-refractivity contribution is 5.84. The average Bonchev–Trinajstić information content (AvgIpc) is 2.20. The molecule has 0 aliphatic rings. The molecule has 0 aliphatic carbocycles. The lowest BCUT2D eigenvalue weighted by Gasteiger charge is -2.13. The van der Waals surface area contributed by atoms with E-state index in [2.05, 4.69) is 10.8 Å². The second-order valence-electron chi connectivity index (χ2n) is 3.38. The fraction of sp³-hybridized carbons (Fsp3) is 0.200. The number of aryl methyl sites for hydroxylation is 1. The highest BCUT2D eigenvalue weighted by Gasteiger charge is 2.36. The van der Waals surface area contributed by atoms with Gasteiger partial charge in [-0.15, -0.1) is 0 Å². The number of halogens is 4. The van der Waals surface area contributed by atoms with Crippen LogP contribution >= 0.6 is 0 Å². The molecule has 2 amide bonds. The number of alkyl halides is 3. The Hall–Kier alpha value is -2.12. The number of carbonyl (C=O) groups excluding carboxylic acids is 1. The van der Waals surface area contributed by atoms with Gasteiger partial charge in [0.25, 0.3) is 0 Å². The minimum atomic E-state index is -4.72. The van der Waals surface area contributed by atoms with Gasteiger partial charge >= 0.3 is 12.2 Å². The molecule has 0 saturated carbocycles. The van der Waals surface area contributed by atoms with Crippen LogP contribution < -0.4 is 11.2 Å². The molecule has 4 nitrogen and oxygen atoms in total. The zero-order valence-electron chi connectivity index (χ0n) is 9.18. The molecule has 98 valence electrons. The molecule has 0 saturated heterocycles.